The summed E-state index contributed by atoms with van der Waals surface area (Å²) in [4.78, 5) is 11.7. The van der Waals surface area contributed by atoms with Crippen molar-refractivity contribution in [1.82, 2.24) is 5.32 Å². The van der Waals surface area contributed by atoms with E-state index in [1.807, 2.05) is 0 Å². The van der Waals surface area contributed by atoms with Gasteiger partial charge in [0, 0.05) is 12.5 Å². The molecule has 14 heavy (non-hydrogen) atoms. The highest BCUT2D eigenvalue weighted by molar-refractivity contribution is 5.78. The van der Waals surface area contributed by atoms with Gasteiger partial charge >= 0.3 is 0 Å². The van der Waals surface area contributed by atoms with Crippen molar-refractivity contribution in [3.05, 3.63) is 0 Å². The van der Waals surface area contributed by atoms with E-state index in [-0.39, 0.29) is 11.8 Å². The number of nitrogens with one attached hydrogen (secondary N) is 1. The fourth-order valence-electron chi connectivity index (χ4n) is 1.87. The van der Waals surface area contributed by atoms with Crippen LogP contribution in [-0.4, -0.2) is 19.0 Å². The zero-order valence-corrected chi connectivity index (χ0v) is 9.09. The molecule has 0 aliphatic heterocycles. The van der Waals surface area contributed by atoms with Gasteiger partial charge in [-0.1, -0.05) is 26.2 Å². The van der Waals surface area contributed by atoms with E-state index in [1.165, 1.54) is 19.3 Å². The third kappa shape index (κ3) is 3.66. The predicted octanol–water partition coefficient (Wildman–Crippen LogP) is 1.28. The smallest absolute Gasteiger partial charge is 0.223 e. The Labute approximate surface area is 86.4 Å². The summed E-state index contributed by atoms with van der Waals surface area (Å²) in [6, 6.07) is 0. The number of nitrogens with two attached hydrogens (primary N) is 1. The van der Waals surface area contributed by atoms with Gasteiger partial charge in [0.2, 0.25) is 5.91 Å². The molecule has 3 heteroatoms. The molecule has 1 rings (SSSR count). The summed E-state index contributed by atoms with van der Waals surface area (Å²) >= 11 is 0. The van der Waals surface area contributed by atoms with E-state index >= 15 is 0 Å². The summed E-state index contributed by atoms with van der Waals surface area (Å²) in [7, 11) is 0. The molecule has 0 bridgehead atoms. The number of amides is 1. The fraction of sp³-hybridized carbons (Fsp3) is 0.909. The highest BCUT2D eigenvalue weighted by atomic mass is 16.1. The first-order valence-electron chi connectivity index (χ1n) is 5.71. The van der Waals surface area contributed by atoms with E-state index in [4.69, 9.17) is 5.73 Å². The van der Waals surface area contributed by atoms with Crippen molar-refractivity contribution < 1.29 is 4.79 Å². The molecule has 3 N–H and O–H groups in total. The minimum atomic E-state index is 0.241. The monoisotopic (exact) mass is 198 g/mol. The van der Waals surface area contributed by atoms with Crippen molar-refractivity contribution >= 4 is 5.91 Å². The maximum Gasteiger partial charge on any atom is 0.223 e. The summed E-state index contributed by atoms with van der Waals surface area (Å²) in [6.07, 6.45) is 5.86. The average Bonchev–Trinajstić information content (AvgIpc) is 2.26. The second-order valence-corrected chi connectivity index (χ2v) is 4.42. The van der Waals surface area contributed by atoms with Crippen LogP contribution in [-0.2, 0) is 4.79 Å². The van der Waals surface area contributed by atoms with E-state index < -0.39 is 0 Å². The molecule has 1 saturated carbocycles. The van der Waals surface area contributed by atoms with Crippen LogP contribution < -0.4 is 11.1 Å². The third-order valence-corrected chi connectivity index (χ3v) is 3.00. The van der Waals surface area contributed by atoms with Crippen LogP contribution in [0.2, 0.25) is 0 Å². The van der Waals surface area contributed by atoms with Gasteiger partial charge in [-0.2, -0.15) is 0 Å². The SMILES string of the molecule is CC(CN)CNC(=O)C1CCCCC1. The van der Waals surface area contributed by atoms with Gasteiger partial charge in [-0.3, -0.25) is 4.79 Å². The lowest BCUT2D eigenvalue weighted by molar-refractivity contribution is -0.126. The van der Waals surface area contributed by atoms with Crippen LogP contribution in [0.1, 0.15) is 39.0 Å². The molecule has 1 amide bonds. The third-order valence-electron chi connectivity index (χ3n) is 3.00. The molecule has 1 aliphatic carbocycles. The molecule has 1 atom stereocenters. The first-order valence-corrected chi connectivity index (χ1v) is 5.71. The van der Waals surface area contributed by atoms with Crippen LogP contribution in [0.3, 0.4) is 0 Å². The molecule has 82 valence electrons. The second kappa shape index (κ2) is 6.02. The normalized spacial score (nSPS) is 20.4. The second-order valence-electron chi connectivity index (χ2n) is 4.42. The van der Waals surface area contributed by atoms with E-state index in [0.29, 0.717) is 12.5 Å². The maximum absolute atomic E-state index is 11.7. The molecular weight excluding hydrogens is 176 g/mol. The fourth-order valence-corrected chi connectivity index (χ4v) is 1.87. The molecule has 0 radical (unpaired) electrons. The highest BCUT2D eigenvalue weighted by Gasteiger charge is 2.20. The largest absolute Gasteiger partial charge is 0.356 e. The molecule has 0 aromatic heterocycles. The molecule has 3 nitrogen and oxygen atoms in total. The zero-order chi connectivity index (χ0) is 10.4. The van der Waals surface area contributed by atoms with E-state index in [0.717, 1.165) is 19.4 Å². The van der Waals surface area contributed by atoms with Gasteiger partial charge in [0.1, 0.15) is 0 Å². The molecule has 0 aromatic carbocycles. The van der Waals surface area contributed by atoms with Crippen LogP contribution in [0, 0.1) is 11.8 Å². The first-order chi connectivity index (χ1) is 6.74. The molecule has 1 fully saturated rings. The van der Waals surface area contributed by atoms with Gasteiger partial charge in [0.05, 0.1) is 0 Å². The summed E-state index contributed by atoms with van der Waals surface area (Å²) in [5.41, 5.74) is 5.49. The van der Waals surface area contributed by atoms with Crippen molar-refractivity contribution in [2.24, 2.45) is 17.6 Å². The van der Waals surface area contributed by atoms with Crippen molar-refractivity contribution in [1.29, 1.82) is 0 Å². The van der Waals surface area contributed by atoms with Crippen molar-refractivity contribution in [3.8, 4) is 0 Å². The maximum atomic E-state index is 11.7. The Balaban J connectivity index is 2.19. The minimum Gasteiger partial charge on any atom is -0.356 e. The van der Waals surface area contributed by atoms with Crippen molar-refractivity contribution in [2.75, 3.05) is 13.1 Å². The van der Waals surface area contributed by atoms with Gasteiger partial charge in [0.15, 0.2) is 0 Å². The van der Waals surface area contributed by atoms with Crippen LogP contribution >= 0.6 is 0 Å². The number of rotatable bonds is 4. The topological polar surface area (TPSA) is 55.1 Å². The minimum absolute atomic E-state index is 0.241. The Morgan fingerprint density at radius 1 is 1.43 bits per heavy atom. The van der Waals surface area contributed by atoms with Gasteiger partial charge in [-0.05, 0) is 25.3 Å². The Kier molecular flexibility index (Phi) is 4.94. The predicted molar refractivity (Wildman–Crippen MR) is 57.8 cm³/mol. The summed E-state index contributed by atoms with van der Waals surface area (Å²) in [5.74, 6) is 0.904. The van der Waals surface area contributed by atoms with Crippen LogP contribution in [0.5, 0.6) is 0 Å². The summed E-state index contributed by atoms with van der Waals surface area (Å²) < 4.78 is 0. The van der Waals surface area contributed by atoms with Crippen molar-refractivity contribution in [2.45, 2.75) is 39.0 Å². The lowest BCUT2D eigenvalue weighted by Crippen LogP contribution is -2.36. The highest BCUT2D eigenvalue weighted by Crippen LogP contribution is 2.23. The van der Waals surface area contributed by atoms with Crippen molar-refractivity contribution in [3.63, 3.8) is 0 Å². The van der Waals surface area contributed by atoms with Crippen LogP contribution in [0.15, 0.2) is 0 Å². The Morgan fingerprint density at radius 2 is 2.07 bits per heavy atom. The van der Waals surface area contributed by atoms with Crippen LogP contribution in [0.25, 0.3) is 0 Å². The van der Waals surface area contributed by atoms with Gasteiger partial charge in [-0.25, -0.2) is 0 Å². The Bertz CT molecular complexity index is 176. The molecule has 1 aliphatic rings. The van der Waals surface area contributed by atoms with Gasteiger partial charge in [-0.15, -0.1) is 0 Å². The first kappa shape index (κ1) is 11.5. The molecule has 0 aromatic rings. The number of carbonyl (C=O) groups is 1. The molecule has 0 spiro atoms. The quantitative estimate of drug-likeness (QED) is 0.715. The average molecular weight is 198 g/mol. The van der Waals surface area contributed by atoms with Gasteiger partial charge < -0.3 is 11.1 Å². The number of hydrogen-bond acceptors (Lipinski definition) is 2. The van der Waals surface area contributed by atoms with E-state index in [1.54, 1.807) is 0 Å². The summed E-state index contributed by atoms with van der Waals surface area (Å²) in [6.45, 7) is 3.43. The summed E-state index contributed by atoms with van der Waals surface area (Å²) in [5, 5.41) is 2.98. The van der Waals surface area contributed by atoms with Gasteiger partial charge in [0.25, 0.3) is 0 Å². The lowest BCUT2D eigenvalue weighted by Gasteiger charge is -2.21. The van der Waals surface area contributed by atoms with Crippen LogP contribution in [0.4, 0.5) is 0 Å². The standard InChI is InChI=1S/C11H22N2O/c1-9(7-12)8-13-11(14)10-5-3-2-4-6-10/h9-10H,2-8,12H2,1H3,(H,13,14). The van der Waals surface area contributed by atoms with E-state index in [2.05, 4.69) is 12.2 Å². The molecule has 1 unspecified atom stereocenters. The lowest BCUT2D eigenvalue weighted by atomic mass is 9.88. The molecular formula is C11H22N2O. The Morgan fingerprint density at radius 3 is 2.64 bits per heavy atom. The molecule has 0 heterocycles. The zero-order valence-electron chi connectivity index (χ0n) is 9.09. The Hall–Kier alpha value is -0.570. The van der Waals surface area contributed by atoms with E-state index in [9.17, 15) is 4.79 Å². The number of hydrogen-bond donors (Lipinski definition) is 2. The number of carbonyl (C=O) groups excluding carboxylic acids is 1. The molecule has 0 saturated heterocycles.